The number of ether oxygens (including phenoxy) is 3. The van der Waals surface area contributed by atoms with Gasteiger partial charge in [-0.2, -0.15) is 0 Å². The van der Waals surface area contributed by atoms with Crippen LogP contribution >= 0.6 is 0 Å². The number of hydrogen-bond donors (Lipinski definition) is 0. The lowest BCUT2D eigenvalue weighted by Gasteiger charge is -2.18. The predicted molar refractivity (Wildman–Crippen MR) is 311 cm³/mol. The lowest BCUT2D eigenvalue weighted by atomic mass is 10.0. The third kappa shape index (κ3) is 56.7. The molecule has 0 radical (unpaired) electrons. The minimum Gasteiger partial charge on any atom is -0.462 e. The molecular formula is C66H108O6. The van der Waals surface area contributed by atoms with Crippen LogP contribution in [0.25, 0.3) is 0 Å². The Labute approximate surface area is 443 Å². The van der Waals surface area contributed by atoms with Gasteiger partial charge in [0.2, 0.25) is 0 Å². The summed E-state index contributed by atoms with van der Waals surface area (Å²) < 4.78 is 16.8. The standard InChI is InChI=1S/C66H108O6/c1-4-7-10-13-16-19-22-25-27-29-31-32-33-34-36-37-39-41-44-47-50-53-56-59-65(68)71-62-63(61-70-64(67)58-55-52-49-46-43-24-21-18-15-12-9-6-3)72-66(69)60-57-54-51-48-45-42-40-38-35-30-28-26-23-20-17-14-11-8-5-2/h7-8,10-11,16-17,19-20,25-28,31-32,35,38,42,45,51,54,63H,4-6,9,12-15,18,21-24,29-30,33-34,36-37,39-41,43-44,46-50,52-53,55-62H2,1-3H3/b10-7-,11-8-,19-16-,20-17-,27-25-,28-26-,32-31-,38-35-,45-42-,54-51-. The Bertz CT molecular complexity index is 1520. The van der Waals surface area contributed by atoms with E-state index in [0.29, 0.717) is 19.3 Å². The van der Waals surface area contributed by atoms with E-state index in [-0.39, 0.29) is 31.6 Å². The van der Waals surface area contributed by atoms with Gasteiger partial charge in [0, 0.05) is 19.3 Å². The van der Waals surface area contributed by atoms with Gasteiger partial charge >= 0.3 is 17.9 Å². The summed E-state index contributed by atoms with van der Waals surface area (Å²) in [5, 5.41) is 0. The number of allylic oxidation sites excluding steroid dienone is 20. The van der Waals surface area contributed by atoms with E-state index in [9.17, 15) is 14.4 Å². The van der Waals surface area contributed by atoms with Crippen LogP contribution in [-0.4, -0.2) is 37.2 Å². The third-order valence-corrected chi connectivity index (χ3v) is 12.2. The van der Waals surface area contributed by atoms with Crippen LogP contribution in [0.2, 0.25) is 0 Å². The molecule has 6 nitrogen and oxygen atoms in total. The number of hydrogen-bond acceptors (Lipinski definition) is 6. The molecule has 408 valence electrons. The lowest BCUT2D eigenvalue weighted by molar-refractivity contribution is -0.166. The average molecular weight is 998 g/mol. The summed E-state index contributed by atoms with van der Waals surface area (Å²) in [6, 6.07) is 0. The van der Waals surface area contributed by atoms with E-state index in [2.05, 4.69) is 136 Å². The molecule has 0 amide bonds. The molecule has 0 saturated heterocycles. The summed E-state index contributed by atoms with van der Waals surface area (Å²) in [6.45, 7) is 6.35. The van der Waals surface area contributed by atoms with Crippen molar-refractivity contribution < 1.29 is 28.6 Å². The molecule has 0 heterocycles. The van der Waals surface area contributed by atoms with Crippen LogP contribution in [-0.2, 0) is 28.6 Å². The molecule has 0 aliphatic heterocycles. The molecule has 6 heteroatoms. The van der Waals surface area contributed by atoms with Crippen molar-refractivity contribution in [3.8, 4) is 0 Å². The fourth-order valence-electron chi connectivity index (χ4n) is 7.87. The second kappa shape index (κ2) is 59.4. The highest BCUT2D eigenvalue weighted by Crippen LogP contribution is 2.15. The van der Waals surface area contributed by atoms with Gasteiger partial charge in [0.05, 0.1) is 0 Å². The second-order valence-electron chi connectivity index (χ2n) is 19.1. The average Bonchev–Trinajstić information content (AvgIpc) is 3.38. The largest absolute Gasteiger partial charge is 0.462 e. The van der Waals surface area contributed by atoms with Crippen molar-refractivity contribution in [3.05, 3.63) is 122 Å². The summed E-state index contributed by atoms with van der Waals surface area (Å²) in [6.07, 6.45) is 82.0. The SMILES string of the molecule is CC/C=C\C/C=C\C/C=C\C/C=C\C/C=C\C/C=C\CCC(=O)OC(COC(=O)CCCCCCCCCCCC/C=C\C/C=C\C/C=C\C/C=C\CC)COC(=O)CCCCCCCCCCCCCC. The lowest BCUT2D eigenvalue weighted by Crippen LogP contribution is -2.30. The van der Waals surface area contributed by atoms with Gasteiger partial charge in [0.15, 0.2) is 6.10 Å². The molecule has 0 aromatic heterocycles. The zero-order valence-corrected chi connectivity index (χ0v) is 46.7. The molecule has 0 N–H and O–H groups in total. The maximum atomic E-state index is 12.8. The van der Waals surface area contributed by atoms with E-state index < -0.39 is 12.1 Å². The van der Waals surface area contributed by atoms with E-state index in [1.54, 1.807) is 0 Å². The molecule has 0 bridgehead atoms. The minimum absolute atomic E-state index is 0.110. The predicted octanol–water partition coefficient (Wildman–Crippen LogP) is 20.0. The van der Waals surface area contributed by atoms with Crippen LogP contribution in [0, 0.1) is 0 Å². The van der Waals surface area contributed by atoms with Crippen molar-refractivity contribution in [3.63, 3.8) is 0 Å². The van der Waals surface area contributed by atoms with Crippen molar-refractivity contribution in [1.82, 2.24) is 0 Å². The first-order valence-corrected chi connectivity index (χ1v) is 29.5. The fraction of sp³-hybridized carbons (Fsp3) is 0.652. The van der Waals surface area contributed by atoms with E-state index in [0.717, 1.165) is 103 Å². The Hall–Kier alpha value is -4.19. The van der Waals surface area contributed by atoms with Crippen molar-refractivity contribution in [2.45, 2.75) is 264 Å². The maximum absolute atomic E-state index is 12.8. The smallest absolute Gasteiger partial charge is 0.306 e. The summed E-state index contributed by atoms with van der Waals surface area (Å²) >= 11 is 0. The van der Waals surface area contributed by atoms with Crippen LogP contribution in [0.5, 0.6) is 0 Å². The van der Waals surface area contributed by atoms with Gasteiger partial charge in [-0.05, 0) is 96.3 Å². The zero-order valence-electron chi connectivity index (χ0n) is 46.7. The van der Waals surface area contributed by atoms with E-state index in [1.165, 1.54) is 109 Å². The summed E-state index contributed by atoms with van der Waals surface area (Å²) in [4.78, 5) is 38.1. The van der Waals surface area contributed by atoms with Gasteiger partial charge < -0.3 is 14.2 Å². The minimum atomic E-state index is -0.822. The normalized spacial score (nSPS) is 13.0. The molecule has 0 rings (SSSR count). The van der Waals surface area contributed by atoms with Crippen molar-refractivity contribution >= 4 is 17.9 Å². The highest BCUT2D eigenvalue weighted by Gasteiger charge is 2.19. The third-order valence-electron chi connectivity index (χ3n) is 12.2. The monoisotopic (exact) mass is 997 g/mol. The molecule has 72 heavy (non-hydrogen) atoms. The van der Waals surface area contributed by atoms with Crippen molar-refractivity contribution in [1.29, 1.82) is 0 Å². The molecule has 0 aromatic carbocycles. The topological polar surface area (TPSA) is 78.9 Å². The summed E-state index contributed by atoms with van der Waals surface area (Å²) in [7, 11) is 0. The Balaban J connectivity index is 4.44. The van der Waals surface area contributed by atoms with Crippen molar-refractivity contribution in [2.24, 2.45) is 0 Å². The Morgan fingerprint density at radius 1 is 0.292 bits per heavy atom. The highest BCUT2D eigenvalue weighted by atomic mass is 16.6. The fourth-order valence-corrected chi connectivity index (χ4v) is 7.87. The molecule has 0 aromatic rings. The van der Waals surface area contributed by atoms with Crippen LogP contribution in [0.15, 0.2) is 122 Å². The Morgan fingerprint density at radius 2 is 0.569 bits per heavy atom. The first-order valence-electron chi connectivity index (χ1n) is 29.5. The number of esters is 3. The first-order chi connectivity index (χ1) is 35.5. The number of carbonyl (C=O) groups excluding carboxylic acids is 3. The molecule has 0 saturated carbocycles. The molecule has 0 spiro atoms. The van der Waals surface area contributed by atoms with Crippen LogP contribution in [0.1, 0.15) is 258 Å². The van der Waals surface area contributed by atoms with Crippen LogP contribution in [0.4, 0.5) is 0 Å². The molecular weight excluding hydrogens is 889 g/mol. The van der Waals surface area contributed by atoms with Crippen LogP contribution < -0.4 is 0 Å². The van der Waals surface area contributed by atoms with Gasteiger partial charge in [0.1, 0.15) is 13.2 Å². The molecule has 1 atom stereocenters. The van der Waals surface area contributed by atoms with Gasteiger partial charge in [0.25, 0.3) is 0 Å². The number of rotatable bonds is 52. The van der Waals surface area contributed by atoms with E-state index in [1.807, 2.05) is 6.08 Å². The summed E-state index contributed by atoms with van der Waals surface area (Å²) in [5.74, 6) is -0.998. The number of unbranched alkanes of at least 4 members (excludes halogenated alkanes) is 21. The Morgan fingerprint density at radius 3 is 0.903 bits per heavy atom. The molecule has 0 fully saturated rings. The Kier molecular flexibility index (Phi) is 55.9. The quantitative estimate of drug-likeness (QED) is 0.0261. The van der Waals surface area contributed by atoms with Crippen molar-refractivity contribution in [2.75, 3.05) is 13.2 Å². The zero-order chi connectivity index (χ0) is 52.2. The highest BCUT2D eigenvalue weighted by molar-refractivity contribution is 5.71. The van der Waals surface area contributed by atoms with Crippen LogP contribution in [0.3, 0.4) is 0 Å². The first kappa shape index (κ1) is 67.8. The van der Waals surface area contributed by atoms with Gasteiger partial charge in [-0.1, -0.05) is 264 Å². The van der Waals surface area contributed by atoms with Gasteiger partial charge in [-0.15, -0.1) is 0 Å². The van der Waals surface area contributed by atoms with Gasteiger partial charge in [-0.25, -0.2) is 0 Å². The molecule has 1 unspecified atom stereocenters. The summed E-state index contributed by atoms with van der Waals surface area (Å²) in [5.41, 5.74) is 0. The maximum Gasteiger partial charge on any atom is 0.306 e. The molecule has 0 aliphatic rings. The van der Waals surface area contributed by atoms with E-state index >= 15 is 0 Å². The van der Waals surface area contributed by atoms with Gasteiger partial charge in [-0.3, -0.25) is 14.4 Å². The van der Waals surface area contributed by atoms with E-state index in [4.69, 9.17) is 14.2 Å². The molecule has 0 aliphatic carbocycles. The number of carbonyl (C=O) groups is 3. The second-order valence-corrected chi connectivity index (χ2v) is 19.1.